The van der Waals surface area contributed by atoms with Gasteiger partial charge in [0.25, 0.3) is 0 Å². The number of nitrogen functional groups attached to an aromatic ring is 1. The standard InChI is InChI=1S/C11H11F3N2O2/c12-11(13,14)9(17)5-10(18)16-6-7-1-3-8(15)4-2-7/h1-4H,5-6,15H2,(H,16,18). The van der Waals surface area contributed by atoms with Crippen molar-refractivity contribution >= 4 is 17.4 Å². The van der Waals surface area contributed by atoms with E-state index in [1.807, 2.05) is 0 Å². The molecule has 1 rings (SSSR count). The summed E-state index contributed by atoms with van der Waals surface area (Å²) in [5.41, 5.74) is 6.66. The Labute approximate surface area is 101 Å². The molecule has 0 saturated carbocycles. The lowest BCUT2D eigenvalue weighted by Gasteiger charge is -2.07. The predicted octanol–water partition coefficient (Wildman–Crippen LogP) is 1.41. The van der Waals surface area contributed by atoms with Gasteiger partial charge in [0, 0.05) is 12.2 Å². The molecule has 0 heterocycles. The van der Waals surface area contributed by atoms with Gasteiger partial charge in [-0.25, -0.2) is 0 Å². The number of anilines is 1. The normalized spacial score (nSPS) is 11.1. The zero-order valence-electron chi connectivity index (χ0n) is 9.25. The van der Waals surface area contributed by atoms with Crippen LogP contribution in [0, 0.1) is 0 Å². The molecule has 0 aromatic heterocycles. The molecule has 0 aliphatic carbocycles. The van der Waals surface area contributed by atoms with Gasteiger partial charge < -0.3 is 11.1 Å². The van der Waals surface area contributed by atoms with E-state index in [0.717, 1.165) is 0 Å². The van der Waals surface area contributed by atoms with E-state index in [9.17, 15) is 22.8 Å². The summed E-state index contributed by atoms with van der Waals surface area (Å²) in [6, 6.07) is 6.45. The molecule has 0 aliphatic rings. The fourth-order valence-electron chi connectivity index (χ4n) is 1.14. The Hall–Kier alpha value is -2.05. The van der Waals surface area contributed by atoms with Gasteiger partial charge in [-0.3, -0.25) is 9.59 Å². The third-order valence-electron chi connectivity index (χ3n) is 2.11. The fourth-order valence-corrected chi connectivity index (χ4v) is 1.14. The van der Waals surface area contributed by atoms with Gasteiger partial charge in [0.2, 0.25) is 11.7 Å². The van der Waals surface area contributed by atoms with Crippen LogP contribution in [0.1, 0.15) is 12.0 Å². The lowest BCUT2D eigenvalue weighted by atomic mass is 10.2. The lowest BCUT2D eigenvalue weighted by molar-refractivity contribution is -0.172. The topological polar surface area (TPSA) is 72.2 Å². The van der Waals surface area contributed by atoms with E-state index in [4.69, 9.17) is 5.73 Å². The van der Waals surface area contributed by atoms with E-state index in [1.54, 1.807) is 24.3 Å². The van der Waals surface area contributed by atoms with Gasteiger partial charge in [-0.1, -0.05) is 12.1 Å². The Morgan fingerprint density at radius 3 is 2.22 bits per heavy atom. The molecule has 98 valence electrons. The lowest BCUT2D eigenvalue weighted by Crippen LogP contribution is -2.31. The number of nitrogens with one attached hydrogen (secondary N) is 1. The summed E-state index contributed by atoms with van der Waals surface area (Å²) < 4.78 is 35.6. The number of amides is 1. The molecule has 0 radical (unpaired) electrons. The number of alkyl halides is 3. The van der Waals surface area contributed by atoms with E-state index in [1.165, 1.54) is 0 Å². The Morgan fingerprint density at radius 1 is 1.17 bits per heavy atom. The molecule has 1 amide bonds. The minimum absolute atomic E-state index is 0.0459. The molecular weight excluding hydrogens is 249 g/mol. The van der Waals surface area contributed by atoms with Crippen LogP contribution in [0.5, 0.6) is 0 Å². The molecule has 18 heavy (non-hydrogen) atoms. The Kier molecular flexibility index (Phi) is 4.30. The summed E-state index contributed by atoms with van der Waals surface area (Å²) in [5.74, 6) is -3.02. The smallest absolute Gasteiger partial charge is 0.399 e. The van der Waals surface area contributed by atoms with E-state index >= 15 is 0 Å². The molecule has 0 unspecified atom stereocenters. The highest BCUT2D eigenvalue weighted by atomic mass is 19.4. The van der Waals surface area contributed by atoms with Gasteiger partial charge in [0.15, 0.2) is 0 Å². The second-order valence-electron chi connectivity index (χ2n) is 3.62. The van der Waals surface area contributed by atoms with E-state index in [0.29, 0.717) is 11.3 Å². The fraction of sp³-hybridized carbons (Fsp3) is 0.273. The van der Waals surface area contributed by atoms with Crippen molar-refractivity contribution in [3.05, 3.63) is 29.8 Å². The van der Waals surface area contributed by atoms with Crippen molar-refractivity contribution in [2.75, 3.05) is 5.73 Å². The summed E-state index contributed by atoms with van der Waals surface area (Å²) in [5, 5.41) is 2.22. The molecule has 3 N–H and O–H groups in total. The Balaban J connectivity index is 2.42. The first kappa shape index (κ1) is 14.0. The summed E-state index contributed by atoms with van der Waals surface area (Å²) in [6.45, 7) is 0.0459. The molecule has 0 spiro atoms. The van der Waals surface area contributed by atoms with Crippen molar-refractivity contribution in [3.8, 4) is 0 Å². The minimum Gasteiger partial charge on any atom is -0.399 e. The third-order valence-corrected chi connectivity index (χ3v) is 2.11. The van der Waals surface area contributed by atoms with Crippen LogP contribution in [0.15, 0.2) is 24.3 Å². The molecule has 1 aromatic carbocycles. The van der Waals surface area contributed by atoms with Gasteiger partial charge in [0.1, 0.15) is 0 Å². The van der Waals surface area contributed by atoms with Crippen molar-refractivity contribution in [1.82, 2.24) is 5.32 Å². The van der Waals surface area contributed by atoms with Crippen LogP contribution < -0.4 is 11.1 Å². The van der Waals surface area contributed by atoms with Gasteiger partial charge in [0.05, 0.1) is 6.42 Å². The second kappa shape index (κ2) is 5.52. The number of benzene rings is 1. The highest BCUT2D eigenvalue weighted by Gasteiger charge is 2.39. The maximum Gasteiger partial charge on any atom is 0.450 e. The van der Waals surface area contributed by atoms with Crippen LogP contribution in [0.25, 0.3) is 0 Å². The number of halogens is 3. The predicted molar refractivity (Wildman–Crippen MR) is 58.4 cm³/mol. The first-order valence-electron chi connectivity index (χ1n) is 5.00. The third kappa shape index (κ3) is 4.44. The monoisotopic (exact) mass is 260 g/mol. The number of carbonyl (C=O) groups excluding carboxylic acids is 2. The van der Waals surface area contributed by atoms with Gasteiger partial charge in [-0.2, -0.15) is 13.2 Å². The average molecular weight is 260 g/mol. The van der Waals surface area contributed by atoms with Crippen molar-refractivity contribution < 1.29 is 22.8 Å². The number of carbonyl (C=O) groups is 2. The van der Waals surface area contributed by atoms with Gasteiger partial charge in [-0.15, -0.1) is 0 Å². The number of rotatable bonds is 4. The van der Waals surface area contributed by atoms with Crippen LogP contribution in [-0.2, 0) is 16.1 Å². The largest absolute Gasteiger partial charge is 0.450 e. The van der Waals surface area contributed by atoms with Crippen molar-refractivity contribution in [3.63, 3.8) is 0 Å². The number of Topliss-reactive ketones (excluding diaryl/α,β-unsaturated/α-hetero) is 1. The van der Waals surface area contributed by atoms with Crippen LogP contribution in [-0.4, -0.2) is 17.9 Å². The molecular formula is C11H11F3N2O2. The van der Waals surface area contributed by atoms with Crippen LogP contribution >= 0.6 is 0 Å². The quantitative estimate of drug-likeness (QED) is 0.635. The second-order valence-corrected chi connectivity index (χ2v) is 3.62. The number of hydrogen-bond donors (Lipinski definition) is 2. The number of ketones is 1. The van der Waals surface area contributed by atoms with E-state index in [2.05, 4.69) is 5.32 Å². The zero-order valence-corrected chi connectivity index (χ0v) is 9.25. The number of nitrogens with two attached hydrogens (primary N) is 1. The molecule has 0 aliphatic heterocycles. The van der Waals surface area contributed by atoms with Crippen LogP contribution in [0.4, 0.5) is 18.9 Å². The first-order chi connectivity index (χ1) is 8.29. The van der Waals surface area contributed by atoms with Gasteiger partial charge in [-0.05, 0) is 17.7 Å². The van der Waals surface area contributed by atoms with Crippen molar-refractivity contribution in [1.29, 1.82) is 0 Å². The molecule has 7 heteroatoms. The minimum atomic E-state index is -4.97. The summed E-state index contributed by atoms with van der Waals surface area (Å²) in [6.07, 6.45) is -6.17. The highest BCUT2D eigenvalue weighted by Crippen LogP contribution is 2.17. The van der Waals surface area contributed by atoms with Crippen molar-refractivity contribution in [2.45, 2.75) is 19.1 Å². The van der Waals surface area contributed by atoms with Crippen LogP contribution in [0.2, 0.25) is 0 Å². The van der Waals surface area contributed by atoms with E-state index < -0.39 is 24.3 Å². The van der Waals surface area contributed by atoms with Crippen molar-refractivity contribution in [2.24, 2.45) is 0 Å². The molecule has 0 bridgehead atoms. The first-order valence-corrected chi connectivity index (χ1v) is 5.00. The molecule has 0 saturated heterocycles. The Bertz CT molecular complexity index is 441. The summed E-state index contributed by atoms with van der Waals surface area (Å²) in [4.78, 5) is 21.6. The highest BCUT2D eigenvalue weighted by molar-refractivity contribution is 6.00. The summed E-state index contributed by atoms with van der Waals surface area (Å²) in [7, 11) is 0. The molecule has 1 aromatic rings. The van der Waals surface area contributed by atoms with Gasteiger partial charge >= 0.3 is 6.18 Å². The molecule has 0 atom stereocenters. The zero-order chi connectivity index (χ0) is 13.8. The maximum absolute atomic E-state index is 11.9. The molecule has 4 nitrogen and oxygen atoms in total. The number of hydrogen-bond acceptors (Lipinski definition) is 3. The summed E-state index contributed by atoms with van der Waals surface area (Å²) >= 11 is 0. The van der Waals surface area contributed by atoms with E-state index in [-0.39, 0.29) is 6.54 Å². The average Bonchev–Trinajstić information content (AvgIpc) is 2.27. The van der Waals surface area contributed by atoms with Crippen LogP contribution in [0.3, 0.4) is 0 Å². The molecule has 0 fully saturated rings. The maximum atomic E-state index is 11.9. The Morgan fingerprint density at radius 2 is 1.72 bits per heavy atom. The SMILES string of the molecule is Nc1ccc(CNC(=O)CC(=O)C(F)(F)F)cc1.